The highest BCUT2D eigenvalue weighted by Gasteiger charge is 2.10. The topological polar surface area (TPSA) is 35.5 Å². The molecule has 0 heterocycles. The Morgan fingerprint density at radius 2 is 1.95 bits per heavy atom. The Morgan fingerprint density at radius 1 is 1.15 bits per heavy atom. The second-order valence-electron chi connectivity index (χ2n) is 4.27. The molecule has 104 valence electrons. The van der Waals surface area contributed by atoms with E-state index in [9.17, 15) is 4.79 Å². The number of halogens is 1. The van der Waals surface area contributed by atoms with Gasteiger partial charge in [0.2, 0.25) is 5.78 Å². The van der Waals surface area contributed by atoms with Gasteiger partial charge in [-0.1, -0.05) is 46.3 Å². The number of hydrogen-bond donors (Lipinski definition) is 0. The Bertz CT molecular complexity index is 596. The lowest BCUT2D eigenvalue weighted by Gasteiger charge is -2.08. The molecule has 0 radical (unpaired) electrons. The molecular formula is C16H15BrO3. The van der Waals surface area contributed by atoms with Crippen LogP contribution in [0.15, 0.2) is 53.0 Å². The van der Waals surface area contributed by atoms with Crippen molar-refractivity contribution in [1.29, 1.82) is 0 Å². The molecule has 0 aromatic heterocycles. The minimum atomic E-state index is -0.0605. The minimum absolute atomic E-state index is 0.0129. The Balaban J connectivity index is 2.00. The van der Waals surface area contributed by atoms with Crippen LogP contribution in [-0.2, 0) is 11.3 Å². The molecule has 2 aromatic carbocycles. The minimum Gasteiger partial charge on any atom is -0.485 e. The fraction of sp³-hybridized carbons (Fsp3) is 0.188. The zero-order valence-electron chi connectivity index (χ0n) is 11.1. The van der Waals surface area contributed by atoms with Gasteiger partial charge in [-0.15, -0.1) is 0 Å². The third-order valence-corrected chi connectivity index (χ3v) is 3.45. The van der Waals surface area contributed by atoms with Crippen LogP contribution in [0.4, 0.5) is 0 Å². The van der Waals surface area contributed by atoms with Crippen LogP contribution >= 0.6 is 15.9 Å². The van der Waals surface area contributed by atoms with Gasteiger partial charge in [0.05, 0.1) is 6.61 Å². The maximum atomic E-state index is 12.1. The molecule has 0 atom stereocenters. The number of Topliss-reactive ketones (excluding diaryl/α,β-unsaturated/α-hetero) is 1. The summed E-state index contributed by atoms with van der Waals surface area (Å²) in [6, 6.07) is 14.8. The number of methoxy groups -OCH3 is 1. The van der Waals surface area contributed by atoms with Crippen molar-refractivity contribution in [3.63, 3.8) is 0 Å². The van der Waals surface area contributed by atoms with Gasteiger partial charge in [-0.3, -0.25) is 4.79 Å². The molecule has 0 N–H and O–H groups in total. The van der Waals surface area contributed by atoms with Crippen LogP contribution in [0.2, 0.25) is 0 Å². The molecule has 3 nitrogen and oxygen atoms in total. The summed E-state index contributed by atoms with van der Waals surface area (Å²) in [4.78, 5) is 12.1. The van der Waals surface area contributed by atoms with Crippen LogP contribution in [0.1, 0.15) is 15.9 Å². The van der Waals surface area contributed by atoms with Gasteiger partial charge in [-0.25, -0.2) is 0 Å². The molecule has 0 saturated heterocycles. The normalized spacial score (nSPS) is 10.3. The molecule has 20 heavy (non-hydrogen) atoms. The monoisotopic (exact) mass is 334 g/mol. The van der Waals surface area contributed by atoms with Crippen molar-refractivity contribution in [1.82, 2.24) is 0 Å². The predicted octanol–water partition coefficient (Wildman–Crippen LogP) is 3.86. The van der Waals surface area contributed by atoms with Crippen LogP contribution in [0.5, 0.6) is 5.75 Å². The summed E-state index contributed by atoms with van der Waals surface area (Å²) in [5.74, 6) is 0.606. The van der Waals surface area contributed by atoms with Crippen LogP contribution in [0.25, 0.3) is 0 Å². The molecule has 0 amide bonds. The summed E-state index contributed by atoms with van der Waals surface area (Å²) in [6.45, 7) is 0.536. The van der Waals surface area contributed by atoms with E-state index in [1.807, 2.05) is 42.5 Å². The number of carbonyl (C=O) groups excluding carboxylic acids is 1. The molecule has 0 fully saturated rings. The standard InChI is InChI=1S/C16H15BrO3/c1-19-10-12-5-4-6-13(9-12)20-11-16(18)14-7-2-3-8-15(14)17/h2-9H,10-11H2,1H3. The van der Waals surface area contributed by atoms with Gasteiger partial charge in [0, 0.05) is 17.1 Å². The highest BCUT2D eigenvalue weighted by molar-refractivity contribution is 9.10. The molecule has 0 aliphatic rings. The molecule has 0 bridgehead atoms. The summed E-state index contributed by atoms with van der Waals surface area (Å²) in [5.41, 5.74) is 1.64. The maximum Gasteiger partial charge on any atom is 0.201 e. The third kappa shape index (κ3) is 3.92. The number of ether oxygens (including phenoxy) is 2. The SMILES string of the molecule is COCc1cccc(OCC(=O)c2ccccc2Br)c1. The smallest absolute Gasteiger partial charge is 0.201 e. The second-order valence-corrected chi connectivity index (χ2v) is 5.13. The molecule has 0 spiro atoms. The van der Waals surface area contributed by atoms with Gasteiger partial charge < -0.3 is 9.47 Å². The van der Waals surface area contributed by atoms with Gasteiger partial charge in [-0.05, 0) is 23.8 Å². The zero-order valence-corrected chi connectivity index (χ0v) is 12.7. The first-order valence-corrected chi connectivity index (χ1v) is 6.98. The Hall–Kier alpha value is -1.65. The van der Waals surface area contributed by atoms with Crippen LogP contribution in [0.3, 0.4) is 0 Å². The zero-order chi connectivity index (χ0) is 14.4. The fourth-order valence-electron chi connectivity index (χ4n) is 1.81. The number of ketones is 1. The number of benzene rings is 2. The van der Waals surface area contributed by atoms with E-state index < -0.39 is 0 Å². The van der Waals surface area contributed by atoms with Crippen molar-refractivity contribution in [3.05, 3.63) is 64.1 Å². The Kier molecular flexibility index (Phi) is 5.32. The van der Waals surface area contributed by atoms with Crippen LogP contribution in [-0.4, -0.2) is 19.5 Å². The fourth-order valence-corrected chi connectivity index (χ4v) is 2.31. The molecule has 0 unspecified atom stereocenters. The van der Waals surface area contributed by atoms with Crippen molar-refractivity contribution in [3.8, 4) is 5.75 Å². The highest BCUT2D eigenvalue weighted by Crippen LogP contribution is 2.18. The second kappa shape index (κ2) is 7.22. The quantitative estimate of drug-likeness (QED) is 0.752. The average Bonchev–Trinajstić information content (AvgIpc) is 2.46. The van der Waals surface area contributed by atoms with E-state index in [0.717, 1.165) is 10.0 Å². The predicted molar refractivity (Wildman–Crippen MR) is 81.1 cm³/mol. The van der Waals surface area contributed by atoms with Gasteiger partial charge in [0.1, 0.15) is 5.75 Å². The van der Waals surface area contributed by atoms with Crippen LogP contribution in [0, 0.1) is 0 Å². The average molecular weight is 335 g/mol. The molecule has 0 aliphatic carbocycles. The number of hydrogen-bond acceptors (Lipinski definition) is 3. The first kappa shape index (κ1) is 14.8. The molecule has 0 saturated carbocycles. The van der Waals surface area contributed by atoms with Crippen molar-refractivity contribution < 1.29 is 14.3 Å². The summed E-state index contributed by atoms with van der Waals surface area (Å²) in [5, 5.41) is 0. The first-order valence-electron chi connectivity index (χ1n) is 6.19. The van der Waals surface area contributed by atoms with E-state index in [-0.39, 0.29) is 12.4 Å². The Morgan fingerprint density at radius 3 is 2.70 bits per heavy atom. The molecular weight excluding hydrogens is 320 g/mol. The van der Waals surface area contributed by atoms with E-state index in [2.05, 4.69) is 15.9 Å². The van der Waals surface area contributed by atoms with Gasteiger partial charge in [0.15, 0.2) is 6.61 Å². The van der Waals surface area contributed by atoms with Gasteiger partial charge >= 0.3 is 0 Å². The van der Waals surface area contributed by atoms with Gasteiger partial charge in [-0.2, -0.15) is 0 Å². The van der Waals surface area contributed by atoms with E-state index in [4.69, 9.17) is 9.47 Å². The van der Waals surface area contributed by atoms with Crippen LogP contribution < -0.4 is 4.74 Å². The number of carbonyl (C=O) groups is 1. The first-order chi connectivity index (χ1) is 9.70. The highest BCUT2D eigenvalue weighted by atomic mass is 79.9. The summed E-state index contributed by atoms with van der Waals surface area (Å²) in [7, 11) is 1.64. The summed E-state index contributed by atoms with van der Waals surface area (Å²) >= 11 is 3.36. The van der Waals surface area contributed by atoms with Crippen molar-refractivity contribution in [2.75, 3.05) is 13.7 Å². The lowest BCUT2D eigenvalue weighted by molar-refractivity contribution is 0.0920. The molecule has 0 aliphatic heterocycles. The van der Waals surface area contributed by atoms with E-state index in [1.54, 1.807) is 13.2 Å². The van der Waals surface area contributed by atoms with Crippen molar-refractivity contribution >= 4 is 21.7 Å². The van der Waals surface area contributed by atoms with Crippen molar-refractivity contribution in [2.24, 2.45) is 0 Å². The lowest BCUT2D eigenvalue weighted by Crippen LogP contribution is -2.12. The third-order valence-electron chi connectivity index (χ3n) is 2.75. The summed E-state index contributed by atoms with van der Waals surface area (Å²) < 4.78 is 11.4. The molecule has 2 rings (SSSR count). The summed E-state index contributed by atoms with van der Waals surface area (Å²) in [6.07, 6.45) is 0. The van der Waals surface area contributed by atoms with E-state index in [0.29, 0.717) is 17.9 Å². The maximum absolute atomic E-state index is 12.1. The van der Waals surface area contributed by atoms with Crippen molar-refractivity contribution in [2.45, 2.75) is 6.61 Å². The van der Waals surface area contributed by atoms with E-state index in [1.165, 1.54) is 0 Å². The van der Waals surface area contributed by atoms with E-state index >= 15 is 0 Å². The largest absolute Gasteiger partial charge is 0.485 e. The molecule has 4 heteroatoms. The lowest BCUT2D eigenvalue weighted by atomic mass is 10.1. The Labute approximate surface area is 126 Å². The molecule has 2 aromatic rings. The van der Waals surface area contributed by atoms with Gasteiger partial charge in [0.25, 0.3) is 0 Å². The number of rotatable bonds is 6.